The molecule has 2 N–H and O–H groups in total. The van der Waals surface area contributed by atoms with E-state index in [4.69, 9.17) is 4.74 Å². The molecule has 0 saturated carbocycles. The number of pyridine rings is 1. The van der Waals surface area contributed by atoms with Crippen molar-refractivity contribution in [2.45, 2.75) is 6.92 Å². The topological polar surface area (TPSA) is 98.1 Å². The van der Waals surface area contributed by atoms with Gasteiger partial charge in [-0.3, -0.25) is 14.3 Å². The van der Waals surface area contributed by atoms with Crippen molar-refractivity contribution in [3.63, 3.8) is 0 Å². The normalized spacial score (nSPS) is 10.3. The number of amides is 2. The van der Waals surface area contributed by atoms with Gasteiger partial charge in [-0.1, -0.05) is 0 Å². The molecular formula is C19H19N5O3. The minimum absolute atomic E-state index is 0.247. The van der Waals surface area contributed by atoms with E-state index in [1.54, 1.807) is 49.8 Å². The zero-order valence-corrected chi connectivity index (χ0v) is 15.2. The zero-order chi connectivity index (χ0) is 19.4. The summed E-state index contributed by atoms with van der Waals surface area (Å²) in [5.41, 5.74) is 2.34. The first-order valence-electron chi connectivity index (χ1n) is 8.19. The fraction of sp³-hybridized carbons (Fsp3) is 0.158. The van der Waals surface area contributed by atoms with Crippen molar-refractivity contribution in [3.05, 3.63) is 65.5 Å². The van der Waals surface area contributed by atoms with Crippen molar-refractivity contribution in [1.82, 2.24) is 14.8 Å². The number of carbonyl (C=O) groups excluding carboxylic acids is 2. The van der Waals surface area contributed by atoms with Crippen molar-refractivity contribution >= 4 is 23.3 Å². The largest absolute Gasteiger partial charge is 0.479 e. The lowest BCUT2D eigenvalue weighted by molar-refractivity contribution is 0.101. The zero-order valence-electron chi connectivity index (χ0n) is 15.2. The average Bonchev–Trinajstić information content (AvgIpc) is 3.03. The lowest BCUT2D eigenvalue weighted by Crippen LogP contribution is -2.14. The fourth-order valence-electron chi connectivity index (χ4n) is 2.47. The van der Waals surface area contributed by atoms with Gasteiger partial charge in [0.15, 0.2) is 0 Å². The number of methoxy groups -OCH3 is 1. The van der Waals surface area contributed by atoms with E-state index in [0.717, 1.165) is 5.56 Å². The molecule has 2 heterocycles. The summed E-state index contributed by atoms with van der Waals surface area (Å²) in [5.74, 6) is 0.110. The van der Waals surface area contributed by atoms with Gasteiger partial charge < -0.3 is 15.4 Å². The summed E-state index contributed by atoms with van der Waals surface area (Å²) in [7, 11) is 3.16. The highest BCUT2D eigenvalue weighted by molar-refractivity contribution is 6.07. The van der Waals surface area contributed by atoms with Crippen LogP contribution < -0.4 is 15.4 Å². The van der Waals surface area contributed by atoms with Crippen molar-refractivity contribution in [3.8, 4) is 5.88 Å². The molecule has 0 aliphatic rings. The molecule has 8 nitrogen and oxygen atoms in total. The predicted octanol–water partition coefficient (Wildman–Crippen LogP) is 2.64. The number of aryl methyl sites for hydroxylation is 2. The fourth-order valence-corrected chi connectivity index (χ4v) is 2.47. The van der Waals surface area contributed by atoms with Crippen LogP contribution in [0.4, 0.5) is 11.5 Å². The summed E-state index contributed by atoms with van der Waals surface area (Å²) >= 11 is 0. The molecule has 27 heavy (non-hydrogen) atoms. The number of benzene rings is 1. The second-order valence-corrected chi connectivity index (χ2v) is 5.93. The molecule has 2 aromatic heterocycles. The molecule has 3 rings (SSSR count). The van der Waals surface area contributed by atoms with Crippen LogP contribution in [0, 0.1) is 6.92 Å². The highest BCUT2D eigenvalue weighted by atomic mass is 16.5. The monoisotopic (exact) mass is 365 g/mol. The molecule has 0 fully saturated rings. The van der Waals surface area contributed by atoms with Gasteiger partial charge in [0.2, 0.25) is 5.88 Å². The van der Waals surface area contributed by atoms with Gasteiger partial charge >= 0.3 is 0 Å². The Morgan fingerprint density at radius 3 is 2.48 bits per heavy atom. The molecule has 1 aromatic carbocycles. The smallest absolute Gasteiger partial charge is 0.262 e. The van der Waals surface area contributed by atoms with Crippen LogP contribution in [0.2, 0.25) is 0 Å². The summed E-state index contributed by atoms with van der Waals surface area (Å²) in [5, 5.41) is 9.54. The van der Waals surface area contributed by atoms with E-state index in [1.165, 1.54) is 11.8 Å². The maximum absolute atomic E-state index is 12.4. The van der Waals surface area contributed by atoms with E-state index >= 15 is 0 Å². The molecule has 0 radical (unpaired) electrons. The molecule has 0 bridgehead atoms. The number of hydrogen-bond donors (Lipinski definition) is 2. The molecule has 0 spiro atoms. The van der Waals surface area contributed by atoms with Gasteiger partial charge in [-0.05, 0) is 48.9 Å². The number of nitrogens with zero attached hydrogens (tertiary/aromatic N) is 3. The number of nitrogens with one attached hydrogen (secondary N) is 2. The first-order valence-corrected chi connectivity index (χ1v) is 8.19. The highest BCUT2D eigenvalue weighted by Crippen LogP contribution is 2.18. The maximum atomic E-state index is 12.4. The third-order valence-electron chi connectivity index (χ3n) is 3.79. The molecule has 0 aliphatic carbocycles. The summed E-state index contributed by atoms with van der Waals surface area (Å²) in [4.78, 5) is 28.8. The van der Waals surface area contributed by atoms with Gasteiger partial charge in [-0.25, -0.2) is 4.98 Å². The first-order chi connectivity index (χ1) is 13.0. The third-order valence-corrected chi connectivity index (χ3v) is 3.79. The lowest BCUT2D eigenvalue weighted by atomic mass is 10.2. The van der Waals surface area contributed by atoms with Crippen molar-refractivity contribution in [2.75, 3.05) is 17.7 Å². The molecule has 3 aromatic rings. The van der Waals surface area contributed by atoms with Gasteiger partial charge in [0, 0.05) is 30.7 Å². The van der Waals surface area contributed by atoms with Crippen LogP contribution in [0.1, 0.15) is 26.3 Å². The average molecular weight is 365 g/mol. The van der Waals surface area contributed by atoms with E-state index in [9.17, 15) is 9.59 Å². The van der Waals surface area contributed by atoms with Crippen LogP contribution in [0.3, 0.4) is 0 Å². The molecule has 0 saturated heterocycles. The SMILES string of the molecule is COc1nn(C)cc1C(=O)Nc1ccc(C(=O)Nc2cc(C)ccn2)cc1. The minimum atomic E-state index is -0.346. The minimum Gasteiger partial charge on any atom is -0.479 e. The van der Waals surface area contributed by atoms with Gasteiger partial charge in [-0.15, -0.1) is 5.10 Å². The van der Waals surface area contributed by atoms with E-state index in [1.807, 2.05) is 13.0 Å². The number of carbonyl (C=O) groups is 2. The Morgan fingerprint density at radius 1 is 1.07 bits per heavy atom. The van der Waals surface area contributed by atoms with E-state index in [2.05, 4.69) is 20.7 Å². The Kier molecular flexibility index (Phi) is 5.16. The molecule has 0 unspecified atom stereocenters. The van der Waals surface area contributed by atoms with Gasteiger partial charge in [0.25, 0.3) is 11.8 Å². The molecule has 0 atom stereocenters. The lowest BCUT2D eigenvalue weighted by Gasteiger charge is -2.07. The van der Waals surface area contributed by atoms with Crippen LogP contribution in [0.15, 0.2) is 48.8 Å². The van der Waals surface area contributed by atoms with Crippen LogP contribution in [-0.2, 0) is 7.05 Å². The first kappa shape index (κ1) is 18.1. The Hall–Kier alpha value is -3.68. The second-order valence-electron chi connectivity index (χ2n) is 5.93. The maximum Gasteiger partial charge on any atom is 0.262 e. The number of rotatable bonds is 5. The molecule has 138 valence electrons. The second kappa shape index (κ2) is 7.69. The Morgan fingerprint density at radius 2 is 1.81 bits per heavy atom. The Balaban J connectivity index is 1.67. The van der Waals surface area contributed by atoms with E-state index in [-0.39, 0.29) is 17.7 Å². The standard InChI is InChI=1S/C19H19N5O3/c1-12-8-9-20-16(10-12)22-17(25)13-4-6-14(7-5-13)21-18(26)15-11-24(2)23-19(15)27-3/h4-11H,1-3H3,(H,21,26)(H,20,22,25). The number of anilines is 2. The number of ether oxygens (including phenoxy) is 1. The van der Waals surface area contributed by atoms with Crippen LogP contribution in [-0.4, -0.2) is 33.7 Å². The van der Waals surface area contributed by atoms with Crippen molar-refractivity contribution in [1.29, 1.82) is 0 Å². The molecular weight excluding hydrogens is 346 g/mol. The number of hydrogen-bond acceptors (Lipinski definition) is 5. The third kappa shape index (κ3) is 4.30. The summed E-state index contributed by atoms with van der Waals surface area (Å²) in [6, 6.07) is 10.2. The summed E-state index contributed by atoms with van der Waals surface area (Å²) in [6.07, 6.45) is 3.21. The molecule has 8 heteroatoms. The summed E-state index contributed by atoms with van der Waals surface area (Å²) < 4.78 is 6.59. The van der Waals surface area contributed by atoms with Crippen molar-refractivity contribution in [2.24, 2.45) is 7.05 Å². The Labute approximate surface area is 156 Å². The van der Waals surface area contributed by atoms with Gasteiger partial charge in [-0.2, -0.15) is 0 Å². The van der Waals surface area contributed by atoms with Gasteiger partial charge in [0.1, 0.15) is 11.4 Å². The molecule has 2 amide bonds. The van der Waals surface area contributed by atoms with Crippen LogP contribution in [0.5, 0.6) is 5.88 Å². The van der Waals surface area contributed by atoms with Gasteiger partial charge in [0.05, 0.1) is 7.11 Å². The quantitative estimate of drug-likeness (QED) is 0.724. The van der Waals surface area contributed by atoms with E-state index < -0.39 is 0 Å². The highest BCUT2D eigenvalue weighted by Gasteiger charge is 2.16. The summed E-state index contributed by atoms with van der Waals surface area (Å²) in [6.45, 7) is 1.92. The van der Waals surface area contributed by atoms with Crippen molar-refractivity contribution < 1.29 is 14.3 Å². The van der Waals surface area contributed by atoms with E-state index in [0.29, 0.717) is 22.6 Å². The Bertz CT molecular complexity index is 979. The van der Waals surface area contributed by atoms with Crippen LogP contribution in [0.25, 0.3) is 0 Å². The molecule has 0 aliphatic heterocycles. The van der Waals surface area contributed by atoms with Crippen LogP contribution >= 0.6 is 0 Å². The predicted molar refractivity (Wildman–Crippen MR) is 101 cm³/mol. The number of aromatic nitrogens is 3.